The summed E-state index contributed by atoms with van der Waals surface area (Å²) in [4.78, 5) is 2.61. The predicted molar refractivity (Wildman–Crippen MR) is 239 cm³/mol. The highest BCUT2D eigenvalue weighted by atomic mass is 16.5. The second-order valence-electron chi connectivity index (χ2n) is 16.0. The molecule has 13 rings (SSSR count). The lowest BCUT2D eigenvalue weighted by molar-refractivity contribution is 0.351. The third-order valence-electron chi connectivity index (χ3n) is 13.1. The summed E-state index contributed by atoms with van der Waals surface area (Å²) in [5.74, 6) is 1.66. The summed E-state index contributed by atoms with van der Waals surface area (Å²) in [5.41, 5.74) is 12.9. The monoisotopic (exact) mass is 756 g/mol. The zero-order chi connectivity index (χ0) is 38.7. The Kier molecular flexibility index (Phi) is 6.74. The number of furan rings is 1. The van der Waals surface area contributed by atoms with E-state index in [1.54, 1.807) is 0 Å². The van der Waals surface area contributed by atoms with E-state index in [4.69, 9.17) is 9.15 Å². The number of nitrogens with zero attached hydrogens (tertiary/aromatic N) is 2. The first-order chi connectivity index (χ1) is 29.3. The molecule has 59 heavy (non-hydrogen) atoms. The summed E-state index contributed by atoms with van der Waals surface area (Å²) in [6.45, 7) is 0. The van der Waals surface area contributed by atoms with Crippen molar-refractivity contribution in [3.05, 3.63) is 221 Å². The Balaban J connectivity index is 1.21. The van der Waals surface area contributed by atoms with E-state index in [1.807, 2.05) is 0 Å². The van der Waals surface area contributed by atoms with Crippen molar-refractivity contribution in [3.63, 3.8) is 0 Å². The van der Waals surface area contributed by atoms with Gasteiger partial charge in [0, 0.05) is 55.5 Å². The molecule has 4 heteroatoms. The number of aromatic nitrogens is 1. The molecule has 278 valence electrons. The van der Waals surface area contributed by atoms with E-state index in [9.17, 15) is 0 Å². The molecular formula is C55H36N2O2. The lowest BCUT2D eigenvalue weighted by Gasteiger charge is -2.55. The average Bonchev–Trinajstić information content (AvgIpc) is 3.83. The number of anilines is 2. The van der Waals surface area contributed by atoms with Crippen LogP contribution in [0.25, 0.3) is 61.7 Å². The maximum Gasteiger partial charge on any atom is 0.135 e. The number of benzene rings is 8. The molecule has 0 saturated carbocycles. The number of hydrogen-bond donors (Lipinski definition) is 0. The Bertz CT molecular complexity index is 3390. The van der Waals surface area contributed by atoms with Crippen LogP contribution in [0.4, 0.5) is 11.4 Å². The quantitative estimate of drug-likeness (QED) is 0.180. The van der Waals surface area contributed by atoms with Gasteiger partial charge in [-0.15, -0.1) is 0 Å². The highest BCUT2D eigenvalue weighted by Gasteiger charge is 2.57. The van der Waals surface area contributed by atoms with Gasteiger partial charge in [-0.1, -0.05) is 133 Å². The van der Waals surface area contributed by atoms with Gasteiger partial charge in [0.05, 0.1) is 22.5 Å². The molecule has 8 aromatic carbocycles. The second kappa shape index (κ2) is 12.2. The van der Waals surface area contributed by atoms with Crippen LogP contribution in [0.5, 0.6) is 11.5 Å². The van der Waals surface area contributed by atoms with E-state index in [2.05, 4.69) is 216 Å². The molecule has 0 amide bonds. The van der Waals surface area contributed by atoms with Crippen LogP contribution in [0.15, 0.2) is 199 Å². The van der Waals surface area contributed by atoms with Crippen LogP contribution in [0.1, 0.15) is 16.7 Å². The van der Waals surface area contributed by atoms with Crippen molar-refractivity contribution in [3.8, 4) is 28.3 Å². The van der Waals surface area contributed by atoms with Gasteiger partial charge >= 0.3 is 0 Å². The standard InChI is InChI=1S/C55H36N2O2/c1-3-15-35(16-4-1)36-27-29-38(30-28-36)57-49-31-41-39-19-7-11-23-47(39)56(37-17-5-2-6-18-37)48(41)33-45(49)55(43-21-9-13-25-52(43)59-53-26-14-10-22-44(53)55)46-34-54-42(32-50(46)57)40-20-8-12-24-51(40)58-54/h1-34,46,50H. The van der Waals surface area contributed by atoms with E-state index >= 15 is 0 Å². The first-order valence-corrected chi connectivity index (χ1v) is 20.4. The van der Waals surface area contributed by atoms with E-state index < -0.39 is 5.41 Å². The van der Waals surface area contributed by atoms with Crippen LogP contribution < -0.4 is 20.3 Å². The lowest BCUT2D eigenvalue weighted by Crippen LogP contribution is -2.56. The molecule has 2 atom stereocenters. The predicted octanol–water partition coefficient (Wildman–Crippen LogP) is 12.0. The fourth-order valence-corrected chi connectivity index (χ4v) is 10.7. The van der Waals surface area contributed by atoms with E-state index in [-0.39, 0.29) is 12.0 Å². The molecule has 2 aliphatic heterocycles. The Hall–Kier alpha value is -7.56. The van der Waals surface area contributed by atoms with E-state index in [0.717, 1.165) is 55.6 Å². The molecule has 0 saturated heterocycles. The normalized spacial score (nSPS) is 17.0. The third kappa shape index (κ3) is 4.49. The SMILES string of the molecule is C1=c2oc3ccccc3c2=CC2C1C1(c3ccccc3Oc3ccccc31)c1cc3c(cc1N2c1ccc(-c2ccccc2)cc1)c1ccccc1n3-c1ccccc1. The molecule has 2 aromatic heterocycles. The minimum atomic E-state index is -0.661. The van der Waals surface area contributed by atoms with Crippen molar-refractivity contribution in [1.82, 2.24) is 4.57 Å². The molecule has 4 nitrogen and oxygen atoms in total. The Morgan fingerprint density at radius 3 is 1.85 bits per heavy atom. The zero-order valence-electron chi connectivity index (χ0n) is 32.0. The Labute approximate surface area is 340 Å². The summed E-state index contributed by atoms with van der Waals surface area (Å²) in [6, 6.07) is 70.1. The average molecular weight is 757 g/mol. The van der Waals surface area contributed by atoms with Crippen LogP contribution in [0.2, 0.25) is 0 Å². The van der Waals surface area contributed by atoms with Crippen molar-refractivity contribution >= 4 is 56.3 Å². The van der Waals surface area contributed by atoms with Crippen LogP contribution in [-0.2, 0) is 5.41 Å². The molecule has 1 aliphatic carbocycles. The first kappa shape index (κ1) is 32.5. The summed E-state index contributed by atoms with van der Waals surface area (Å²) < 4.78 is 16.1. The molecular weight excluding hydrogens is 721 g/mol. The largest absolute Gasteiger partial charge is 0.457 e. The first-order valence-electron chi connectivity index (χ1n) is 20.4. The number of hydrogen-bond acceptors (Lipinski definition) is 3. The minimum absolute atomic E-state index is 0.0993. The number of fused-ring (bicyclic) bond motifs is 14. The summed E-state index contributed by atoms with van der Waals surface area (Å²) in [6.07, 6.45) is 4.92. The number of para-hydroxylation sites is 5. The van der Waals surface area contributed by atoms with Crippen LogP contribution >= 0.6 is 0 Å². The fourth-order valence-electron chi connectivity index (χ4n) is 10.7. The molecule has 4 heterocycles. The smallest absolute Gasteiger partial charge is 0.135 e. The highest BCUT2D eigenvalue weighted by molar-refractivity contribution is 6.11. The second-order valence-corrected chi connectivity index (χ2v) is 16.0. The lowest BCUT2D eigenvalue weighted by atomic mass is 9.55. The molecule has 0 fully saturated rings. The van der Waals surface area contributed by atoms with Gasteiger partial charge in [0.15, 0.2) is 0 Å². The zero-order valence-corrected chi connectivity index (χ0v) is 32.0. The maximum atomic E-state index is 6.85. The van der Waals surface area contributed by atoms with Gasteiger partial charge < -0.3 is 18.6 Å². The van der Waals surface area contributed by atoms with Crippen molar-refractivity contribution in [2.75, 3.05) is 4.90 Å². The summed E-state index contributed by atoms with van der Waals surface area (Å²) in [7, 11) is 0. The molecule has 3 aliphatic rings. The van der Waals surface area contributed by atoms with Gasteiger partial charge in [0.1, 0.15) is 22.5 Å². The van der Waals surface area contributed by atoms with Crippen LogP contribution in [0.3, 0.4) is 0 Å². The minimum Gasteiger partial charge on any atom is -0.457 e. The van der Waals surface area contributed by atoms with Crippen molar-refractivity contribution in [2.45, 2.75) is 11.5 Å². The fraction of sp³-hybridized carbons (Fsp3) is 0.0545. The molecule has 10 aromatic rings. The number of rotatable bonds is 3. The molecule has 1 spiro atoms. The van der Waals surface area contributed by atoms with Crippen LogP contribution in [-0.4, -0.2) is 10.6 Å². The molecule has 0 bridgehead atoms. The molecule has 0 radical (unpaired) electrons. The van der Waals surface area contributed by atoms with E-state index in [0.29, 0.717) is 0 Å². The summed E-state index contributed by atoms with van der Waals surface area (Å²) >= 11 is 0. The van der Waals surface area contributed by atoms with Crippen LogP contribution in [0, 0.1) is 5.92 Å². The molecule has 2 unspecified atom stereocenters. The molecule has 0 N–H and O–H groups in total. The van der Waals surface area contributed by atoms with Crippen molar-refractivity contribution < 1.29 is 9.15 Å². The Morgan fingerprint density at radius 1 is 0.458 bits per heavy atom. The van der Waals surface area contributed by atoms with Gasteiger partial charge in [0.25, 0.3) is 0 Å². The topological polar surface area (TPSA) is 30.5 Å². The van der Waals surface area contributed by atoms with E-state index in [1.165, 1.54) is 44.2 Å². The van der Waals surface area contributed by atoms with Gasteiger partial charge in [-0.05, 0) is 89.5 Å². The third-order valence-corrected chi connectivity index (χ3v) is 13.1. The van der Waals surface area contributed by atoms with Crippen molar-refractivity contribution in [1.29, 1.82) is 0 Å². The maximum absolute atomic E-state index is 6.85. The van der Waals surface area contributed by atoms with Gasteiger partial charge in [0.2, 0.25) is 0 Å². The van der Waals surface area contributed by atoms with Gasteiger partial charge in [-0.3, -0.25) is 0 Å². The van der Waals surface area contributed by atoms with Gasteiger partial charge in [-0.25, -0.2) is 0 Å². The Morgan fingerprint density at radius 2 is 1.08 bits per heavy atom. The van der Waals surface area contributed by atoms with Crippen molar-refractivity contribution in [2.24, 2.45) is 5.92 Å². The number of ether oxygens (including phenoxy) is 1. The van der Waals surface area contributed by atoms with Gasteiger partial charge in [-0.2, -0.15) is 0 Å². The summed E-state index contributed by atoms with van der Waals surface area (Å²) in [5, 5.41) is 4.71. The highest BCUT2D eigenvalue weighted by Crippen LogP contribution is 2.63.